The van der Waals surface area contributed by atoms with E-state index in [1.54, 1.807) is 0 Å². The van der Waals surface area contributed by atoms with Crippen molar-refractivity contribution >= 4 is 11.7 Å². The summed E-state index contributed by atoms with van der Waals surface area (Å²) in [6, 6.07) is 6.70. The molecule has 1 aromatic rings. The molecule has 1 rings (SSSR count). The van der Waals surface area contributed by atoms with Crippen LogP contribution in [0.4, 0.5) is 5.69 Å². The molecule has 0 heterocycles. The fraction of sp³-hybridized carbons (Fsp3) is 0.300. The number of carboxylic acid groups (broad SMARTS) is 1. The molecule has 0 aliphatic rings. The van der Waals surface area contributed by atoms with Crippen LogP contribution >= 0.6 is 0 Å². The lowest BCUT2D eigenvalue weighted by Gasteiger charge is -2.07. The Kier molecular flexibility index (Phi) is 3.48. The number of hydrogen-bond donors (Lipinski definition) is 3. The highest BCUT2D eigenvalue weighted by Crippen LogP contribution is 2.09. The largest absolute Gasteiger partial charge is 0.480 e. The van der Waals surface area contributed by atoms with Gasteiger partial charge in [0.15, 0.2) is 0 Å². The molecule has 0 aliphatic heterocycles. The SMILES string of the molecule is [11CH3]Nc1ccc(C[C@H](N)C(=O)O)cc1. The van der Waals surface area contributed by atoms with Crippen LogP contribution in [0.3, 0.4) is 0 Å². The molecule has 14 heavy (non-hydrogen) atoms. The van der Waals surface area contributed by atoms with Crippen LogP contribution in [0.15, 0.2) is 24.3 Å². The maximum Gasteiger partial charge on any atom is 0.320 e. The van der Waals surface area contributed by atoms with Gasteiger partial charge in [0.1, 0.15) is 6.04 Å². The summed E-state index contributed by atoms with van der Waals surface area (Å²) in [5.41, 5.74) is 7.33. The fourth-order valence-electron chi connectivity index (χ4n) is 1.15. The molecular weight excluding hydrogens is 179 g/mol. The summed E-state index contributed by atoms with van der Waals surface area (Å²) in [7, 11) is 1.83. The minimum Gasteiger partial charge on any atom is -0.480 e. The van der Waals surface area contributed by atoms with Crippen molar-refractivity contribution in [2.75, 3.05) is 12.4 Å². The predicted octanol–water partition coefficient (Wildman–Crippen LogP) is 0.683. The van der Waals surface area contributed by atoms with Gasteiger partial charge >= 0.3 is 5.97 Å². The van der Waals surface area contributed by atoms with E-state index >= 15 is 0 Å². The van der Waals surface area contributed by atoms with Gasteiger partial charge in [0.25, 0.3) is 0 Å². The molecular formula is C10H14N2O2. The fourth-order valence-corrected chi connectivity index (χ4v) is 1.15. The molecule has 0 aromatic heterocycles. The Morgan fingerprint density at radius 2 is 2.07 bits per heavy atom. The van der Waals surface area contributed by atoms with Crippen molar-refractivity contribution in [3.05, 3.63) is 29.8 Å². The minimum absolute atomic E-state index is 0.360. The van der Waals surface area contributed by atoms with Crippen LogP contribution in [0.1, 0.15) is 5.56 Å². The molecule has 1 aromatic carbocycles. The Hall–Kier alpha value is -1.55. The second-order valence-corrected chi connectivity index (χ2v) is 3.10. The quantitative estimate of drug-likeness (QED) is 0.657. The lowest BCUT2D eigenvalue weighted by atomic mass is 10.1. The van der Waals surface area contributed by atoms with Crippen molar-refractivity contribution < 1.29 is 9.90 Å². The molecule has 0 fully saturated rings. The minimum atomic E-state index is -0.970. The van der Waals surface area contributed by atoms with E-state index in [1.165, 1.54) is 0 Å². The zero-order chi connectivity index (χ0) is 10.6. The summed E-state index contributed by atoms with van der Waals surface area (Å²) in [5, 5.41) is 11.6. The number of hydrogen-bond acceptors (Lipinski definition) is 3. The maximum atomic E-state index is 10.5. The summed E-state index contributed by atoms with van der Waals surface area (Å²) < 4.78 is 0. The third kappa shape index (κ3) is 2.74. The summed E-state index contributed by atoms with van der Waals surface area (Å²) in [6.45, 7) is 0. The highest BCUT2D eigenvalue weighted by atomic mass is 16.4. The van der Waals surface area contributed by atoms with Gasteiger partial charge in [-0.1, -0.05) is 12.1 Å². The molecule has 0 saturated carbocycles. The number of nitrogens with two attached hydrogens (primary N) is 1. The van der Waals surface area contributed by atoms with Crippen LogP contribution in [-0.2, 0) is 11.2 Å². The number of nitrogens with one attached hydrogen (secondary N) is 1. The monoisotopic (exact) mass is 193 g/mol. The van der Waals surface area contributed by atoms with Crippen LogP contribution in [0.2, 0.25) is 0 Å². The van der Waals surface area contributed by atoms with Crippen molar-refractivity contribution in [3.63, 3.8) is 0 Å². The van der Waals surface area contributed by atoms with Crippen LogP contribution in [-0.4, -0.2) is 24.2 Å². The number of aliphatic carboxylic acids is 1. The second kappa shape index (κ2) is 4.62. The summed E-state index contributed by atoms with van der Waals surface area (Å²) in [5.74, 6) is -0.970. The molecule has 4 nitrogen and oxygen atoms in total. The van der Waals surface area contributed by atoms with Crippen LogP contribution in [0, 0.1) is 0 Å². The molecule has 0 radical (unpaired) electrons. The molecule has 1 atom stereocenters. The number of carbonyl (C=O) groups is 1. The molecule has 4 heteroatoms. The maximum absolute atomic E-state index is 10.5. The number of rotatable bonds is 4. The molecule has 0 spiro atoms. The van der Waals surface area contributed by atoms with Gasteiger partial charge in [-0.2, -0.15) is 0 Å². The molecule has 0 saturated heterocycles. The average molecular weight is 193 g/mol. The zero-order valence-electron chi connectivity index (χ0n) is 8.03. The second-order valence-electron chi connectivity index (χ2n) is 3.10. The highest BCUT2D eigenvalue weighted by molar-refractivity contribution is 5.73. The van der Waals surface area contributed by atoms with Gasteiger partial charge < -0.3 is 16.2 Å². The Labute approximate surface area is 82.7 Å². The van der Waals surface area contributed by atoms with Crippen molar-refractivity contribution in [1.29, 1.82) is 0 Å². The highest BCUT2D eigenvalue weighted by Gasteiger charge is 2.11. The van der Waals surface area contributed by atoms with Crippen LogP contribution in [0.5, 0.6) is 0 Å². The Morgan fingerprint density at radius 1 is 1.50 bits per heavy atom. The first-order chi connectivity index (χ1) is 6.63. The molecule has 0 bridgehead atoms. The van der Waals surface area contributed by atoms with Crippen LogP contribution in [0.25, 0.3) is 0 Å². The predicted molar refractivity (Wildman–Crippen MR) is 55.3 cm³/mol. The number of anilines is 1. The standard InChI is InChI=1S/C10H14N2O2/c1-12-8-4-2-7(3-5-8)6-9(11)10(13)14/h2-5,9,12H,6,11H2,1H3,(H,13,14)/t9-/m0/s1/i1-1. The first kappa shape index (κ1) is 10.5. The van der Waals surface area contributed by atoms with Gasteiger partial charge in [-0.05, 0) is 24.1 Å². The average Bonchev–Trinajstić information content (AvgIpc) is 2.19. The molecule has 0 unspecified atom stereocenters. The van der Waals surface area contributed by atoms with E-state index in [9.17, 15) is 4.79 Å². The lowest BCUT2D eigenvalue weighted by Crippen LogP contribution is -2.32. The normalized spacial score (nSPS) is 12.1. The summed E-state index contributed by atoms with van der Waals surface area (Å²) >= 11 is 0. The van der Waals surface area contributed by atoms with Gasteiger partial charge in [0.2, 0.25) is 0 Å². The van der Waals surface area contributed by atoms with Crippen molar-refractivity contribution in [2.45, 2.75) is 12.5 Å². The Balaban J connectivity index is 2.64. The van der Waals surface area contributed by atoms with E-state index in [2.05, 4.69) is 5.32 Å². The number of benzene rings is 1. The number of carboxylic acids is 1. The van der Waals surface area contributed by atoms with Crippen molar-refractivity contribution in [3.8, 4) is 0 Å². The van der Waals surface area contributed by atoms with Crippen LogP contribution < -0.4 is 11.1 Å². The van der Waals surface area contributed by atoms with Gasteiger partial charge in [0, 0.05) is 12.7 Å². The third-order valence-electron chi connectivity index (χ3n) is 2.02. The topological polar surface area (TPSA) is 75.3 Å². The molecule has 0 aliphatic carbocycles. The zero-order valence-corrected chi connectivity index (χ0v) is 8.03. The Bertz CT molecular complexity index is 308. The smallest absolute Gasteiger partial charge is 0.320 e. The lowest BCUT2D eigenvalue weighted by molar-refractivity contribution is -0.138. The van der Waals surface area contributed by atoms with E-state index in [1.807, 2.05) is 31.3 Å². The van der Waals surface area contributed by atoms with E-state index < -0.39 is 12.0 Å². The van der Waals surface area contributed by atoms with Gasteiger partial charge in [-0.3, -0.25) is 4.79 Å². The molecule has 0 amide bonds. The first-order valence-corrected chi connectivity index (χ1v) is 4.38. The summed E-state index contributed by atoms with van der Waals surface area (Å²) in [4.78, 5) is 10.5. The van der Waals surface area contributed by atoms with Gasteiger partial charge in [0.05, 0.1) is 0 Å². The van der Waals surface area contributed by atoms with E-state index in [4.69, 9.17) is 10.8 Å². The first-order valence-electron chi connectivity index (χ1n) is 4.38. The van der Waals surface area contributed by atoms with Crippen molar-refractivity contribution in [1.82, 2.24) is 0 Å². The van der Waals surface area contributed by atoms with Gasteiger partial charge in [-0.15, -0.1) is 0 Å². The summed E-state index contributed by atoms with van der Waals surface area (Å²) in [6.07, 6.45) is 0.360. The van der Waals surface area contributed by atoms with Gasteiger partial charge in [-0.25, -0.2) is 0 Å². The molecule has 76 valence electrons. The third-order valence-corrected chi connectivity index (χ3v) is 2.02. The Morgan fingerprint density at radius 3 is 2.50 bits per heavy atom. The molecule has 4 N–H and O–H groups in total. The van der Waals surface area contributed by atoms with E-state index in [0.29, 0.717) is 6.42 Å². The van der Waals surface area contributed by atoms with E-state index in [0.717, 1.165) is 11.3 Å². The van der Waals surface area contributed by atoms with Crippen molar-refractivity contribution in [2.24, 2.45) is 5.73 Å². The van der Waals surface area contributed by atoms with E-state index in [-0.39, 0.29) is 0 Å².